The largest absolute Gasteiger partial charge is 0.484 e. The van der Waals surface area contributed by atoms with Gasteiger partial charge in [0.25, 0.3) is 5.91 Å². The average molecular weight is 423 g/mol. The first-order valence-corrected chi connectivity index (χ1v) is 9.87. The van der Waals surface area contributed by atoms with Gasteiger partial charge in [0.1, 0.15) is 11.8 Å². The van der Waals surface area contributed by atoms with Crippen LogP contribution in [0.4, 0.5) is 0 Å². The van der Waals surface area contributed by atoms with Crippen molar-refractivity contribution < 1.29 is 14.3 Å². The first-order chi connectivity index (χ1) is 13.4. The van der Waals surface area contributed by atoms with E-state index in [0.29, 0.717) is 22.3 Å². The Hall–Kier alpha value is -2.24. The van der Waals surface area contributed by atoms with Crippen LogP contribution in [-0.4, -0.2) is 35.9 Å². The van der Waals surface area contributed by atoms with Crippen LogP contribution < -0.4 is 10.1 Å². The highest BCUT2D eigenvalue weighted by Crippen LogP contribution is 2.24. The van der Waals surface area contributed by atoms with Crippen molar-refractivity contribution in [2.75, 3.05) is 13.2 Å². The number of carbonyl (C=O) groups is 2. The van der Waals surface area contributed by atoms with Crippen molar-refractivity contribution in [3.05, 3.63) is 64.1 Å². The van der Waals surface area contributed by atoms with Gasteiger partial charge in [0.2, 0.25) is 5.91 Å². The number of para-hydroxylation sites is 1. The van der Waals surface area contributed by atoms with Crippen LogP contribution in [0.3, 0.4) is 0 Å². The molecule has 1 N–H and O–H groups in total. The summed E-state index contributed by atoms with van der Waals surface area (Å²) in [6.45, 7) is 4.27. The fourth-order valence-electron chi connectivity index (χ4n) is 2.56. The third-order valence-corrected chi connectivity index (χ3v) is 4.90. The second kappa shape index (κ2) is 10.9. The summed E-state index contributed by atoms with van der Waals surface area (Å²) in [7, 11) is 0. The summed E-state index contributed by atoms with van der Waals surface area (Å²) >= 11 is 12.1. The van der Waals surface area contributed by atoms with Gasteiger partial charge in [-0.2, -0.15) is 0 Å². The maximum absolute atomic E-state index is 12.9. The zero-order valence-electron chi connectivity index (χ0n) is 16.0. The van der Waals surface area contributed by atoms with E-state index >= 15 is 0 Å². The van der Waals surface area contributed by atoms with Crippen LogP contribution in [-0.2, 0) is 16.1 Å². The topological polar surface area (TPSA) is 58.6 Å². The van der Waals surface area contributed by atoms with Crippen LogP contribution in [0.5, 0.6) is 5.75 Å². The van der Waals surface area contributed by atoms with E-state index < -0.39 is 6.04 Å². The molecule has 0 aliphatic rings. The normalized spacial score (nSPS) is 11.6. The lowest BCUT2D eigenvalue weighted by Crippen LogP contribution is -2.49. The standard InChI is InChI=1S/C21H24Cl2N2O3/c1-3-11-24-21(27)15(2)25(13-16-9-10-18(22)19(23)12-16)20(26)14-28-17-7-5-4-6-8-17/h4-10,12,15H,3,11,13-14H2,1-2H3,(H,24,27). The third kappa shape index (κ3) is 6.43. The van der Waals surface area contributed by atoms with Crippen LogP contribution in [0.25, 0.3) is 0 Å². The summed E-state index contributed by atoms with van der Waals surface area (Å²) in [5, 5.41) is 3.66. The second-order valence-electron chi connectivity index (χ2n) is 6.34. The van der Waals surface area contributed by atoms with E-state index in [0.717, 1.165) is 12.0 Å². The van der Waals surface area contributed by atoms with E-state index in [4.69, 9.17) is 27.9 Å². The maximum Gasteiger partial charge on any atom is 0.261 e. The molecule has 28 heavy (non-hydrogen) atoms. The van der Waals surface area contributed by atoms with Gasteiger partial charge in [-0.25, -0.2) is 0 Å². The number of ether oxygens (including phenoxy) is 1. The van der Waals surface area contributed by atoms with Crippen molar-refractivity contribution in [3.8, 4) is 5.75 Å². The molecule has 2 aromatic rings. The number of nitrogens with one attached hydrogen (secondary N) is 1. The Morgan fingerprint density at radius 3 is 2.46 bits per heavy atom. The van der Waals surface area contributed by atoms with Gasteiger partial charge in [-0.15, -0.1) is 0 Å². The zero-order valence-corrected chi connectivity index (χ0v) is 17.5. The second-order valence-corrected chi connectivity index (χ2v) is 7.15. The Labute approximate surface area is 175 Å². The first kappa shape index (κ1) is 22.1. The zero-order chi connectivity index (χ0) is 20.5. The quantitative estimate of drug-likeness (QED) is 0.654. The summed E-state index contributed by atoms with van der Waals surface area (Å²) in [4.78, 5) is 26.8. The predicted octanol–water partition coefficient (Wildman–Crippen LogP) is 4.32. The first-order valence-electron chi connectivity index (χ1n) is 9.11. The molecule has 0 heterocycles. The molecule has 1 unspecified atom stereocenters. The van der Waals surface area contributed by atoms with Gasteiger partial charge in [-0.3, -0.25) is 9.59 Å². The molecule has 0 saturated carbocycles. The average Bonchev–Trinajstić information content (AvgIpc) is 2.71. The Balaban J connectivity index is 2.15. The van der Waals surface area contributed by atoms with Crippen LogP contribution in [0.15, 0.2) is 48.5 Å². The molecular formula is C21H24Cl2N2O3. The summed E-state index contributed by atoms with van der Waals surface area (Å²) in [6, 6.07) is 13.6. The van der Waals surface area contributed by atoms with E-state index in [-0.39, 0.29) is 25.0 Å². The highest BCUT2D eigenvalue weighted by Gasteiger charge is 2.26. The molecule has 150 valence electrons. The van der Waals surface area contributed by atoms with E-state index in [1.807, 2.05) is 25.1 Å². The molecule has 2 amide bonds. The maximum atomic E-state index is 12.9. The number of amides is 2. The van der Waals surface area contributed by atoms with Crippen molar-refractivity contribution in [1.82, 2.24) is 10.2 Å². The molecule has 7 heteroatoms. The fourth-order valence-corrected chi connectivity index (χ4v) is 2.88. The number of carbonyl (C=O) groups excluding carboxylic acids is 2. The number of halogens is 2. The van der Waals surface area contributed by atoms with Gasteiger partial charge in [0, 0.05) is 13.1 Å². The van der Waals surface area contributed by atoms with Crippen LogP contribution in [0.1, 0.15) is 25.8 Å². The minimum Gasteiger partial charge on any atom is -0.484 e. The highest BCUT2D eigenvalue weighted by atomic mass is 35.5. The van der Waals surface area contributed by atoms with Gasteiger partial charge < -0.3 is 15.0 Å². The lowest BCUT2D eigenvalue weighted by atomic mass is 10.1. The summed E-state index contributed by atoms with van der Waals surface area (Å²) in [5.74, 6) is 0.0810. The number of benzene rings is 2. The van der Waals surface area contributed by atoms with Gasteiger partial charge in [0.15, 0.2) is 6.61 Å². The van der Waals surface area contributed by atoms with Crippen molar-refractivity contribution in [2.45, 2.75) is 32.9 Å². The predicted molar refractivity (Wildman–Crippen MR) is 112 cm³/mol. The van der Waals surface area contributed by atoms with Gasteiger partial charge >= 0.3 is 0 Å². The molecule has 0 radical (unpaired) electrons. The number of nitrogens with zero attached hydrogens (tertiary/aromatic N) is 1. The van der Waals surface area contributed by atoms with E-state index in [9.17, 15) is 9.59 Å². The SMILES string of the molecule is CCCNC(=O)C(C)N(Cc1ccc(Cl)c(Cl)c1)C(=O)COc1ccccc1. The monoisotopic (exact) mass is 422 g/mol. The van der Waals surface area contributed by atoms with Crippen LogP contribution >= 0.6 is 23.2 Å². The Morgan fingerprint density at radius 1 is 1.11 bits per heavy atom. The van der Waals surface area contributed by atoms with Crippen molar-refractivity contribution in [1.29, 1.82) is 0 Å². The summed E-state index contributed by atoms with van der Waals surface area (Å²) < 4.78 is 5.57. The van der Waals surface area contributed by atoms with Gasteiger partial charge in [-0.05, 0) is 43.2 Å². The molecule has 0 aliphatic heterocycles. The number of hydrogen-bond acceptors (Lipinski definition) is 3. The Bertz CT molecular complexity index is 799. The molecule has 0 saturated heterocycles. The Kier molecular flexibility index (Phi) is 8.61. The molecule has 0 spiro atoms. The smallest absolute Gasteiger partial charge is 0.261 e. The summed E-state index contributed by atoms with van der Waals surface area (Å²) in [5.41, 5.74) is 0.776. The molecule has 5 nitrogen and oxygen atoms in total. The van der Waals surface area contributed by atoms with Crippen molar-refractivity contribution in [3.63, 3.8) is 0 Å². The van der Waals surface area contributed by atoms with Crippen LogP contribution in [0.2, 0.25) is 10.0 Å². The molecule has 0 bridgehead atoms. The molecular weight excluding hydrogens is 399 g/mol. The highest BCUT2D eigenvalue weighted by molar-refractivity contribution is 6.42. The summed E-state index contributed by atoms with van der Waals surface area (Å²) in [6.07, 6.45) is 0.816. The minimum absolute atomic E-state index is 0.170. The lowest BCUT2D eigenvalue weighted by Gasteiger charge is -2.28. The van der Waals surface area contributed by atoms with Crippen molar-refractivity contribution >= 4 is 35.0 Å². The number of hydrogen-bond donors (Lipinski definition) is 1. The van der Waals surface area contributed by atoms with Crippen LogP contribution in [0, 0.1) is 0 Å². The molecule has 0 aliphatic carbocycles. The van der Waals surface area contributed by atoms with E-state index in [2.05, 4.69) is 5.32 Å². The van der Waals surface area contributed by atoms with Crippen molar-refractivity contribution in [2.24, 2.45) is 0 Å². The minimum atomic E-state index is -0.659. The molecule has 0 aromatic heterocycles. The van der Waals surface area contributed by atoms with Gasteiger partial charge in [-0.1, -0.05) is 54.4 Å². The lowest BCUT2D eigenvalue weighted by molar-refractivity contribution is -0.142. The Morgan fingerprint density at radius 2 is 1.82 bits per heavy atom. The molecule has 2 rings (SSSR count). The molecule has 0 fully saturated rings. The fraction of sp³-hybridized carbons (Fsp3) is 0.333. The third-order valence-electron chi connectivity index (χ3n) is 4.16. The van der Waals surface area contributed by atoms with E-state index in [1.54, 1.807) is 37.3 Å². The number of rotatable bonds is 9. The molecule has 2 aromatic carbocycles. The van der Waals surface area contributed by atoms with Gasteiger partial charge in [0.05, 0.1) is 10.0 Å². The van der Waals surface area contributed by atoms with E-state index in [1.165, 1.54) is 4.90 Å². The molecule has 1 atom stereocenters.